The average Bonchev–Trinajstić information content (AvgIpc) is 4.19. The van der Waals surface area contributed by atoms with Gasteiger partial charge < -0.3 is 39.7 Å². The van der Waals surface area contributed by atoms with Crippen molar-refractivity contribution in [1.82, 2.24) is 45.4 Å². The quantitative estimate of drug-likeness (QED) is 0.0745. The van der Waals surface area contributed by atoms with E-state index in [0.717, 1.165) is 43.4 Å². The summed E-state index contributed by atoms with van der Waals surface area (Å²) in [5.74, 6) is -1.91. The van der Waals surface area contributed by atoms with E-state index in [-0.39, 0.29) is 87.0 Å². The van der Waals surface area contributed by atoms with Gasteiger partial charge in [0, 0.05) is 50.9 Å². The Hall–Kier alpha value is -6.08. The summed E-state index contributed by atoms with van der Waals surface area (Å²) < 4.78 is 12.2. The molecule has 68 heavy (non-hydrogen) atoms. The van der Waals surface area contributed by atoms with Crippen molar-refractivity contribution in [3.63, 3.8) is 0 Å². The van der Waals surface area contributed by atoms with E-state index < -0.39 is 36.1 Å². The van der Waals surface area contributed by atoms with E-state index in [1.54, 1.807) is 33.8 Å². The predicted molar refractivity (Wildman–Crippen MR) is 258 cm³/mol. The molecule has 4 amide bonds. The number of hydrogen-bond donors (Lipinski definition) is 4. The van der Waals surface area contributed by atoms with Crippen molar-refractivity contribution in [1.29, 1.82) is 0 Å². The van der Waals surface area contributed by atoms with Crippen molar-refractivity contribution in [2.75, 3.05) is 13.1 Å². The molecule has 16 nitrogen and oxygen atoms in total. The van der Waals surface area contributed by atoms with Gasteiger partial charge in [0.15, 0.2) is 0 Å². The molecule has 0 radical (unpaired) electrons. The van der Waals surface area contributed by atoms with Gasteiger partial charge in [-0.2, -0.15) is 0 Å². The van der Waals surface area contributed by atoms with Gasteiger partial charge in [0.1, 0.15) is 30.8 Å². The number of benzene rings is 2. The topological polar surface area (TPSA) is 209 Å². The Morgan fingerprint density at radius 3 is 1.79 bits per heavy atom. The molecule has 2 aliphatic heterocycles. The van der Waals surface area contributed by atoms with E-state index in [1.807, 2.05) is 108 Å². The first kappa shape index (κ1) is 48.4. The van der Waals surface area contributed by atoms with Crippen LogP contribution in [0.25, 0.3) is 20.9 Å². The minimum atomic E-state index is -0.864. The second kappa shape index (κ2) is 21.1. The van der Waals surface area contributed by atoms with Crippen molar-refractivity contribution < 1.29 is 33.4 Å². The van der Waals surface area contributed by atoms with Crippen LogP contribution in [0.5, 0.6) is 0 Å². The third-order valence-corrected chi connectivity index (χ3v) is 14.8. The Morgan fingerprint density at radius 1 is 0.765 bits per heavy atom. The number of aryl methyl sites for hydroxylation is 3. The maximum absolute atomic E-state index is 14.5. The summed E-state index contributed by atoms with van der Waals surface area (Å²) in [6, 6.07) is 14.2. The monoisotopic (exact) mass is 961 g/mol. The molecule has 6 heterocycles. The number of aliphatic hydroxyl groups is 1. The number of aromatic amines is 1. The number of ether oxygens (including phenoxy) is 1. The number of nitrogens with one attached hydrogen (secondary N) is 3. The number of amides is 4. The molecule has 18 heteroatoms. The van der Waals surface area contributed by atoms with Crippen molar-refractivity contribution in [2.24, 2.45) is 11.8 Å². The number of carbonyl (C=O) groups is 4. The molecule has 0 unspecified atom stereocenters. The Labute approximate surface area is 404 Å². The highest BCUT2D eigenvalue weighted by atomic mass is 32.1. The minimum Gasteiger partial charge on any atom is -0.446 e. The van der Waals surface area contributed by atoms with Crippen LogP contribution in [-0.2, 0) is 43.6 Å². The van der Waals surface area contributed by atoms with E-state index in [2.05, 4.69) is 30.6 Å². The van der Waals surface area contributed by atoms with Gasteiger partial charge >= 0.3 is 0 Å². The van der Waals surface area contributed by atoms with Crippen LogP contribution in [0.1, 0.15) is 98.0 Å². The molecule has 0 saturated carbocycles. The first-order valence-corrected chi connectivity index (χ1v) is 24.8. The van der Waals surface area contributed by atoms with Crippen LogP contribution in [0.3, 0.4) is 0 Å². The maximum Gasteiger partial charge on any atom is 0.243 e. The fourth-order valence-electron chi connectivity index (χ4n) is 9.25. The summed E-state index contributed by atoms with van der Waals surface area (Å²) in [4.78, 5) is 82.7. The summed E-state index contributed by atoms with van der Waals surface area (Å²) in [6.07, 6.45) is 2.08. The molecule has 2 aromatic carbocycles. The molecule has 0 aliphatic carbocycles. The predicted octanol–water partition coefficient (Wildman–Crippen LogP) is 6.83. The highest BCUT2D eigenvalue weighted by molar-refractivity contribution is 7.13. The molecule has 2 aliphatic rings. The van der Waals surface area contributed by atoms with Crippen molar-refractivity contribution in [3.8, 4) is 20.9 Å². The van der Waals surface area contributed by atoms with Crippen LogP contribution < -0.4 is 10.6 Å². The number of imidazole rings is 1. The van der Waals surface area contributed by atoms with E-state index in [9.17, 15) is 24.3 Å². The molecular formula is C50H59N9O7S2. The molecular weight excluding hydrogens is 903 g/mol. The average molecular weight is 962 g/mol. The Morgan fingerprint density at radius 2 is 1.29 bits per heavy atom. The first-order chi connectivity index (χ1) is 32.6. The lowest BCUT2D eigenvalue weighted by atomic mass is 9.91. The van der Waals surface area contributed by atoms with Gasteiger partial charge in [0.05, 0.1) is 61.9 Å². The van der Waals surface area contributed by atoms with E-state index in [1.165, 1.54) is 11.2 Å². The molecule has 358 valence electrons. The number of hydrogen-bond acceptors (Lipinski definition) is 13. The molecule has 6 atom stereocenters. The second-order valence-corrected chi connectivity index (χ2v) is 20.2. The number of likely N-dealkylation sites (tertiary alicyclic amines) is 2. The normalized spacial score (nSPS) is 19.2. The molecule has 0 spiro atoms. The number of β-amino-alcohol motifs (C(OH)–C–C–N with tert-alkyl or cyclic N) is 1. The number of aliphatic hydroxyl groups excluding tert-OH is 1. The summed E-state index contributed by atoms with van der Waals surface area (Å²) >= 11 is 3.16. The van der Waals surface area contributed by atoms with Crippen LogP contribution in [0.2, 0.25) is 0 Å². The first-order valence-electron chi connectivity index (χ1n) is 23.1. The lowest BCUT2D eigenvalue weighted by Crippen LogP contribution is -2.48. The number of rotatable bonds is 17. The highest BCUT2D eigenvalue weighted by Crippen LogP contribution is 2.34. The maximum atomic E-state index is 14.5. The van der Waals surface area contributed by atoms with E-state index in [4.69, 9.17) is 14.1 Å². The number of aromatic nitrogens is 5. The number of oxazole rings is 1. The zero-order valence-corrected chi connectivity index (χ0v) is 41.0. The van der Waals surface area contributed by atoms with Gasteiger partial charge in [-0.05, 0) is 54.9 Å². The third kappa shape index (κ3) is 10.8. The van der Waals surface area contributed by atoms with Crippen LogP contribution in [0.15, 0.2) is 76.4 Å². The standard InChI is InChI=1S/C50H59N9O7S2/c1-27(2)43(38-20-51-31(7)56-38)49(63)59-22-37(17-41(59)48(62)53-19-33-10-14-35(15-11-33)46-30(6)55-26-68-46)65-24-42-57-39(23-66-42)44(28(3)4)50(64)58-21-36(60)16-40(58)47(61)52-18-32-8-12-34(13-9-32)45-29(5)54-25-67-45/h8-15,20,23,25-28,36-37,40-41,43-44,60H,16-19,21-22,24H2,1-7H3,(H,51,56)(H,52,61)(H,53,62)/t36-,37-,40+,41+,43-,44-/m1/s1. The van der Waals surface area contributed by atoms with Crippen LogP contribution in [0.4, 0.5) is 0 Å². The summed E-state index contributed by atoms with van der Waals surface area (Å²) in [5.41, 5.74) is 10.6. The number of carbonyl (C=O) groups excluding carboxylic acids is 4. The lowest BCUT2D eigenvalue weighted by Gasteiger charge is -2.29. The molecule has 4 aromatic heterocycles. The van der Waals surface area contributed by atoms with Crippen molar-refractivity contribution in [2.45, 2.75) is 117 Å². The Bertz CT molecular complexity index is 2710. The number of nitrogens with zero attached hydrogens (tertiary/aromatic N) is 6. The lowest BCUT2D eigenvalue weighted by molar-refractivity contribution is -0.140. The minimum absolute atomic E-state index is 0.0135. The van der Waals surface area contributed by atoms with Gasteiger partial charge in [-0.25, -0.2) is 19.9 Å². The summed E-state index contributed by atoms with van der Waals surface area (Å²) in [7, 11) is 0. The third-order valence-electron chi connectivity index (χ3n) is 12.8. The fourth-order valence-corrected chi connectivity index (χ4v) is 10.9. The van der Waals surface area contributed by atoms with Crippen LogP contribution in [0, 0.1) is 32.6 Å². The van der Waals surface area contributed by atoms with Gasteiger partial charge in [-0.3, -0.25) is 19.2 Å². The number of H-pyrrole nitrogens is 1. The van der Waals surface area contributed by atoms with E-state index >= 15 is 0 Å². The van der Waals surface area contributed by atoms with Gasteiger partial charge in [0.2, 0.25) is 29.5 Å². The Balaban J connectivity index is 0.915. The molecule has 4 N–H and O–H groups in total. The van der Waals surface area contributed by atoms with E-state index in [0.29, 0.717) is 17.2 Å². The molecule has 6 aromatic rings. The smallest absolute Gasteiger partial charge is 0.243 e. The van der Waals surface area contributed by atoms with Gasteiger partial charge in [0.25, 0.3) is 0 Å². The Kier molecular flexibility index (Phi) is 15.0. The zero-order valence-electron chi connectivity index (χ0n) is 39.4. The van der Waals surface area contributed by atoms with Gasteiger partial charge in [-0.1, -0.05) is 76.2 Å². The largest absolute Gasteiger partial charge is 0.446 e. The fraction of sp³-hybridized carbons (Fsp3) is 0.440. The summed E-state index contributed by atoms with van der Waals surface area (Å²) in [5, 5.41) is 16.8. The summed E-state index contributed by atoms with van der Waals surface area (Å²) in [6.45, 7) is 14.2. The molecule has 2 saturated heterocycles. The van der Waals surface area contributed by atoms with Crippen molar-refractivity contribution >= 4 is 46.3 Å². The van der Waals surface area contributed by atoms with Crippen LogP contribution >= 0.6 is 22.7 Å². The van der Waals surface area contributed by atoms with Gasteiger partial charge in [-0.15, -0.1) is 22.7 Å². The molecule has 2 fully saturated rings. The van der Waals surface area contributed by atoms with Crippen molar-refractivity contribution in [3.05, 3.63) is 118 Å². The zero-order chi connectivity index (χ0) is 48.2. The SMILES string of the molecule is Cc1ncc([C@H](C(=O)N2C[C@H](OCc3nc([C@H](C(=O)N4C[C@H](O)C[C@H]4C(=O)NCc4ccc(-c5scnc5C)cc4)C(C)C)co3)C[C@H]2C(=O)NCc2ccc(-c3scnc3C)cc2)C(C)C)[nH]1. The second-order valence-electron chi connectivity index (χ2n) is 18.5. The number of thiazole rings is 2. The van der Waals surface area contributed by atoms with Crippen LogP contribution in [-0.4, -0.2) is 101 Å². The highest BCUT2D eigenvalue weighted by Gasteiger charge is 2.45. The molecule has 0 bridgehead atoms. The molecule has 8 rings (SSSR count).